The highest BCUT2D eigenvalue weighted by Crippen LogP contribution is 2.41. The van der Waals surface area contributed by atoms with E-state index in [1.54, 1.807) is 0 Å². The summed E-state index contributed by atoms with van der Waals surface area (Å²) in [7, 11) is 0. The minimum atomic E-state index is -0.146. The van der Waals surface area contributed by atoms with Gasteiger partial charge >= 0.3 is 0 Å². The van der Waals surface area contributed by atoms with Crippen LogP contribution < -0.4 is 4.90 Å². The highest BCUT2D eigenvalue weighted by molar-refractivity contribution is 6.39. The molecule has 0 bridgehead atoms. The molecule has 2 aliphatic rings. The molecule has 0 fully saturated rings. The summed E-state index contributed by atoms with van der Waals surface area (Å²) in [5.41, 5.74) is 13.7. The fourth-order valence-electron chi connectivity index (χ4n) is 7.25. The van der Waals surface area contributed by atoms with E-state index < -0.39 is 0 Å². The number of ketones is 1. The third-order valence-electron chi connectivity index (χ3n) is 9.94. The van der Waals surface area contributed by atoms with Crippen molar-refractivity contribution in [3.8, 4) is 0 Å². The van der Waals surface area contributed by atoms with Crippen LogP contribution in [0.25, 0.3) is 5.57 Å². The van der Waals surface area contributed by atoms with E-state index in [2.05, 4.69) is 129 Å². The Morgan fingerprint density at radius 3 is 1.88 bits per heavy atom. The van der Waals surface area contributed by atoms with Gasteiger partial charge in [0.25, 0.3) is 0 Å². The molecule has 0 heterocycles. The van der Waals surface area contributed by atoms with E-state index >= 15 is 0 Å². The highest BCUT2D eigenvalue weighted by atomic mass is 16.3. The molecule has 0 aromatic heterocycles. The van der Waals surface area contributed by atoms with Gasteiger partial charge in [0.2, 0.25) is 17.2 Å². The van der Waals surface area contributed by atoms with E-state index in [1.807, 2.05) is 60.7 Å². The Bertz CT molecular complexity index is 2270. The van der Waals surface area contributed by atoms with E-state index in [-0.39, 0.29) is 17.6 Å². The number of aliphatic hydroxyl groups is 1. The Labute approximate surface area is 301 Å². The smallest absolute Gasteiger partial charge is 0.208 e. The zero-order valence-electron chi connectivity index (χ0n) is 29.9. The van der Waals surface area contributed by atoms with Gasteiger partial charge in [0.05, 0.1) is 17.2 Å². The van der Waals surface area contributed by atoms with Crippen molar-refractivity contribution in [1.29, 1.82) is 0 Å². The summed E-state index contributed by atoms with van der Waals surface area (Å²) in [6, 6.07) is 42.0. The molecule has 5 aromatic carbocycles. The number of carbonyl (C=O) groups is 1. The van der Waals surface area contributed by atoms with E-state index in [1.165, 1.54) is 33.4 Å². The summed E-state index contributed by atoms with van der Waals surface area (Å²) in [6.45, 7) is 11.4. The average molecular weight is 668 g/mol. The molecule has 5 aromatic rings. The lowest BCUT2D eigenvalue weighted by Crippen LogP contribution is -2.24. The third kappa shape index (κ3) is 6.65. The maximum atomic E-state index is 13.7. The average Bonchev–Trinajstić information content (AvgIpc) is 3.14. The Kier molecular flexibility index (Phi) is 9.25. The summed E-state index contributed by atoms with van der Waals surface area (Å²) >= 11 is 0. The maximum Gasteiger partial charge on any atom is 0.208 e. The molecular weight excluding hydrogens is 625 g/mol. The number of Topliss-reactive ketones (excluding diaryl/α,β-unsaturated/α-hetero) is 1. The molecule has 0 saturated carbocycles. The zero-order valence-corrected chi connectivity index (χ0v) is 29.9. The Hall–Kier alpha value is -6.00. The number of hydrogen-bond donors (Lipinski definition) is 1. The van der Waals surface area contributed by atoms with Gasteiger partial charge in [0.15, 0.2) is 6.54 Å². The molecular formula is C47H43N2O2+. The predicted octanol–water partition coefficient (Wildman–Crippen LogP) is 11.1. The molecule has 0 aliphatic heterocycles. The summed E-state index contributed by atoms with van der Waals surface area (Å²) in [6.07, 6.45) is 7.95. The fourth-order valence-corrected chi connectivity index (χ4v) is 7.25. The van der Waals surface area contributed by atoms with E-state index in [0.717, 1.165) is 22.8 Å². The lowest BCUT2D eigenvalue weighted by atomic mass is 9.80. The van der Waals surface area contributed by atoms with Crippen molar-refractivity contribution in [3.05, 3.63) is 201 Å². The standard InChI is InChI=1S/C47H42N2O2/c1-31-16-26-42(33(3)28-31)48(30-36-12-8-6-9-13-36)40-22-18-38(19-23-40)44-46(50)45(47(44)51)39-20-24-41(25-21-39)49(35(5)37-14-10-7-11-15-37)43-27-17-32(2)29-34(43)4/h6-29,35H,30H2,1-5H3/p+1. The van der Waals surface area contributed by atoms with Crippen molar-refractivity contribution in [2.24, 2.45) is 0 Å². The van der Waals surface area contributed by atoms with Gasteiger partial charge in [0.1, 0.15) is 5.76 Å². The first kappa shape index (κ1) is 33.5. The molecule has 1 unspecified atom stereocenters. The summed E-state index contributed by atoms with van der Waals surface area (Å²) in [5, 5.41) is 11.3. The Morgan fingerprint density at radius 2 is 1.27 bits per heavy atom. The van der Waals surface area contributed by atoms with Crippen molar-refractivity contribution in [3.63, 3.8) is 0 Å². The number of nitrogens with zero attached hydrogens (tertiary/aromatic N) is 2. The van der Waals surface area contributed by atoms with Gasteiger partial charge in [-0.3, -0.25) is 4.79 Å². The van der Waals surface area contributed by atoms with Gasteiger partial charge in [-0.1, -0.05) is 102 Å². The number of anilines is 2. The summed E-state index contributed by atoms with van der Waals surface area (Å²) in [4.78, 5) is 16.0. The normalized spacial score (nSPS) is 14.5. The quantitative estimate of drug-likeness (QED) is 0.132. The second kappa shape index (κ2) is 14.1. The van der Waals surface area contributed by atoms with E-state index in [0.29, 0.717) is 28.8 Å². The number of allylic oxidation sites excluding steroid dienone is 7. The zero-order chi connectivity index (χ0) is 35.6. The van der Waals surface area contributed by atoms with Crippen molar-refractivity contribution < 1.29 is 14.5 Å². The second-order valence-electron chi connectivity index (χ2n) is 13.6. The minimum Gasteiger partial charge on any atom is -0.506 e. The lowest BCUT2D eigenvalue weighted by molar-refractivity contribution is -0.456. The molecule has 1 atom stereocenters. The molecule has 0 spiro atoms. The first-order valence-corrected chi connectivity index (χ1v) is 17.6. The van der Waals surface area contributed by atoms with Gasteiger partial charge in [0, 0.05) is 40.7 Å². The van der Waals surface area contributed by atoms with Crippen LogP contribution in [0.5, 0.6) is 0 Å². The van der Waals surface area contributed by atoms with Crippen LogP contribution in [0.2, 0.25) is 0 Å². The topological polar surface area (TPSA) is 43.5 Å². The van der Waals surface area contributed by atoms with Crippen molar-refractivity contribution >= 4 is 34.1 Å². The largest absolute Gasteiger partial charge is 0.506 e. The van der Waals surface area contributed by atoms with Crippen LogP contribution in [-0.2, 0) is 11.3 Å². The lowest BCUT2D eigenvalue weighted by Gasteiger charge is -2.33. The van der Waals surface area contributed by atoms with Crippen molar-refractivity contribution in [2.75, 3.05) is 4.90 Å². The fraction of sp³-hybridized carbons (Fsp3) is 0.149. The summed E-state index contributed by atoms with van der Waals surface area (Å²) < 4.78 is 2.30. The molecule has 51 heavy (non-hydrogen) atoms. The molecule has 1 N–H and O–H groups in total. The van der Waals surface area contributed by atoms with Crippen LogP contribution in [0.4, 0.5) is 17.1 Å². The second-order valence-corrected chi connectivity index (χ2v) is 13.6. The van der Waals surface area contributed by atoms with Crippen LogP contribution in [-0.4, -0.2) is 21.2 Å². The number of hydrogen-bond acceptors (Lipinski definition) is 3. The van der Waals surface area contributed by atoms with Crippen LogP contribution in [0.1, 0.15) is 51.9 Å². The molecule has 4 nitrogen and oxygen atoms in total. The van der Waals surface area contributed by atoms with E-state index in [4.69, 9.17) is 0 Å². The molecule has 2 aliphatic carbocycles. The molecule has 0 radical (unpaired) electrons. The minimum absolute atomic E-state index is 0.0416. The predicted molar refractivity (Wildman–Crippen MR) is 210 cm³/mol. The monoisotopic (exact) mass is 667 g/mol. The van der Waals surface area contributed by atoms with Crippen molar-refractivity contribution in [1.82, 2.24) is 0 Å². The third-order valence-corrected chi connectivity index (χ3v) is 9.94. The number of aliphatic hydroxyl groups excluding tert-OH is 1. The first-order chi connectivity index (χ1) is 24.7. The molecule has 252 valence electrons. The Morgan fingerprint density at radius 1 is 0.667 bits per heavy atom. The Balaban J connectivity index is 1.20. The SMILES string of the molecule is Cc1ccc(N(c2ccc(C3=C(O)C(=C4C=CC(=[N+](Cc5ccccc5)c5ccc(C)cc5C)C=C4)C3=O)cc2)C(C)c2ccccc2)c(C)c1. The first-order valence-electron chi connectivity index (χ1n) is 17.6. The van der Waals surface area contributed by atoms with Crippen LogP contribution >= 0.6 is 0 Å². The molecule has 0 saturated heterocycles. The van der Waals surface area contributed by atoms with Crippen LogP contribution in [0.3, 0.4) is 0 Å². The molecule has 0 amide bonds. The van der Waals surface area contributed by atoms with Gasteiger partial charge in [-0.25, -0.2) is 0 Å². The van der Waals surface area contributed by atoms with Gasteiger partial charge < -0.3 is 10.0 Å². The van der Waals surface area contributed by atoms with Gasteiger partial charge in [-0.15, -0.1) is 0 Å². The van der Waals surface area contributed by atoms with Gasteiger partial charge in [-0.05, 0) is 93.3 Å². The number of carbonyl (C=O) groups excluding carboxylic acids is 1. The highest BCUT2D eigenvalue weighted by Gasteiger charge is 2.37. The summed E-state index contributed by atoms with van der Waals surface area (Å²) in [5.74, 6) is -0.104. The van der Waals surface area contributed by atoms with Gasteiger partial charge in [-0.2, -0.15) is 4.58 Å². The number of aryl methyl sites for hydroxylation is 4. The molecule has 7 rings (SSSR count). The van der Waals surface area contributed by atoms with E-state index in [9.17, 15) is 9.90 Å². The van der Waals surface area contributed by atoms with Crippen LogP contribution in [0, 0.1) is 27.7 Å². The molecule has 4 heteroatoms. The van der Waals surface area contributed by atoms with Crippen LogP contribution in [0.15, 0.2) is 163 Å². The van der Waals surface area contributed by atoms with Crippen molar-refractivity contribution in [2.45, 2.75) is 47.2 Å². The number of rotatable bonds is 8. The maximum absolute atomic E-state index is 13.7. The number of benzene rings is 5.